The van der Waals surface area contributed by atoms with Crippen LogP contribution in [0.3, 0.4) is 0 Å². The Morgan fingerprint density at radius 3 is 2.38 bits per heavy atom. The van der Waals surface area contributed by atoms with Gasteiger partial charge < -0.3 is 0 Å². The van der Waals surface area contributed by atoms with E-state index in [9.17, 15) is 13.2 Å². The van der Waals surface area contributed by atoms with Crippen LogP contribution in [0.1, 0.15) is 11.5 Å². The van der Waals surface area contributed by atoms with Gasteiger partial charge in [-0.2, -0.15) is 0 Å². The maximum Gasteiger partial charge on any atom is 0.194 e. The van der Waals surface area contributed by atoms with Crippen LogP contribution in [0.15, 0.2) is 24.3 Å². The summed E-state index contributed by atoms with van der Waals surface area (Å²) >= 11 is 5.83. The molecule has 0 fully saturated rings. The first kappa shape index (κ1) is 13.9. The predicted molar refractivity (Wildman–Crippen MR) is 73.0 cm³/mol. The number of halogens is 4. The first-order chi connectivity index (χ1) is 10.0. The zero-order valence-electron chi connectivity index (χ0n) is 10.9. The summed E-state index contributed by atoms with van der Waals surface area (Å²) in [6, 6.07) is 5.28. The second-order valence-corrected chi connectivity index (χ2v) is 4.78. The second-order valence-electron chi connectivity index (χ2n) is 4.52. The fraction of sp³-hybridized carbons (Fsp3) is 0.143. The van der Waals surface area contributed by atoms with E-state index in [1.165, 1.54) is 4.57 Å². The molecule has 108 valence electrons. The highest BCUT2D eigenvalue weighted by molar-refractivity contribution is 6.16. The highest BCUT2D eigenvalue weighted by Crippen LogP contribution is 2.24. The van der Waals surface area contributed by atoms with Crippen molar-refractivity contribution >= 4 is 22.8 Å². The Morgan fingerprint density at radius 1 is 1.10 bits per heavy atom. The average molecular weight is 312 g/mol. The molecule has 0 aliphatic carbocycles. The van der Waals surface area contributed by atoms with Crippen LogP contribution >= 0.6 is 11.6 Å². The molecule has 1 aromatic carbocycles. The minimum absolute atomic E-state index is 0.0238. The summed E-state index contributed by atoms with van der Waals surface area (Å²) in [4.78, 5) is 8.57. The summed E-state index contributed by atoms with van der Waals surface area (Å²) in [6.07, 6.45) is 0. The molecule has 2 aromatic heterocycles. The number of hydrogen-bond acceptors (Lipinski definition) is 2. The van der Waals surface area contributed by atoms with Crippen LogP contribution in [-0.2, 0) is 5.88 Å². The number of fused-ring (bicyclic) bond motifs is 1. The number of nitrogens with zero attached hydrogens (tertiary/aromatic N) is 3. The van der Waals surface area contributed by atoms with Gasteiger partial charge in [0.25, 0.3) is 0 Å². The van der Waals surface area contributed by atoms with E-state index in [0.29, 0.717) is 22.7 Å². The number of alkyl halides is 1. The summed E-state index contributed by atoms with van der Waals surface area (Å²) in [5.41, 5.74) is 1.76. The molecule has 3 aromatic rings. The number of rotatable bonds is 2. The van der Waals surface area contributed by atoms with Gasteiger partial charge in [-0.25, -0.2) is 23.1 Å². The van der Waals surface area contributed by atoms with Crippen molar-refractivity contribution in [1.82, 2.24) is 14.5 Å². The maximum atomic E-state index is 13.4. The summed E-state index contributed by atoms with van der Waals surface area (Å²) in [5.74, 6) is -3.68. The Labute approximate surface area is 123 Å². The van der Waals surface area contributed by atoms with Gasteiger partial charge in [-0.05, 0) is 19.1 Å². The minimum Gasteiger partial charge on any atom is -0.279 e. The minimum atomic E-state index is -1.51. The fourth-order valence-corrected chi connectivity index (χ4v) is 2.31. The Balaban J connectivity index is 2.35. The molecule has 0 amide bonds. The first-order valence-electron chi connectivity index (χ1n) is 6.07. The summed E-state index contributed by atoms with van der Waals surface area (Å²) < 4.78 is 41.4. The molecular weight excluding hydrogens is 303 g/mol. The van der Waals surface area contributed by atoms with Crippen molar-refractivity contribution in [3.63, 3.8) is 0 Å². The van der Waals surface area contributed by atoms with Crippen LogP contribution in [0.2, 0.25) is 0 Å². The zero-order chi connectivity index (χ0) is 15.1. The second kappa shape index (κ2) is 5.04. The molecule has 0 aliphatic rings. The molecule has 0 radical (unpaired) electrons. The number of benzene rings is 1. The number of aryl methyl sites for hydroxylation is 1. The van der Waals surface area contributed by atoms with Gasteiger partial charge in [0.05, 0.1) is 11.6 Å². The van der Waals surface area contributed by atoms with Crippen molar-refractivity contribution in [3.05, 3.63) is 53.2 Å². The normalized spacial score (nSPS) is 11.3. The van der Waals surface area contributed by atoms with Gasteiger partial charge in [-0.1, -0.05) is 0 Å². The summed E-state index contributed by atoms with van der Waals surface area (Å²) in [7, 11) is 0. The number of aromatic nitrogens is 3. The van der Waals surface area contributed by atoms with Crippen LogP contribution in [0.5, 0.6) is 0 Å². The van der Waals surface area contributed by atoms with E-state index in [0.717, 1.165) is 12.1 Å². The van der Waals surface area contributed by atoms with Gasteiger partial charge in [0.1, 0.15) is 11.3 Å². The predicted octanol–water partition coefficient (Wildman–Crippen LogP) is 3.89. The lowest BCUT2D eigenvalue weighted by Gasteiger charge is -2.08. The third kappa shape index (κ3) is 2.25. The lowest BCUT2D eigenvalue weighted by atomic mass is 10.2. The Hall–Kier alpha value is -2.08. The van der Waals surface area contributed by atoms with E-state index in [-0.39, 0.29) is 11.6 Å². The van der Waals surface area contributed by atoms with Gasteiger partial charge in [-0.3, -0.25) is 4.57 Å². The van der Waals surface area contributed by atoms with Crippen molar-refractivity contribution < 1.29 is 13.2 Å². The molecule has 0 atom stereocenters. The average Bonchev–Trinajstić information content (AvgIpc) is 2.81. The van der Waals surface area contributed by atoms with Crippen LogP contribution in [0, 0.1) is 24.4 Å². The van der Waals surface area contributed by atoms with Crippen LogP contribution in [0.25, 0.3) is 16.9 Å². The molecule has 0 unspecified atom stereocenters. The molecule has 0 aliphatic heterocycles. The van der Waals surface area contributed by atoms with E-state index < -0.39 is 17.5 Å². The summed E-state index contributed by atoms with van der Waals surface area (Å²) in [5, 5.41) is 0. The van der Waals surface area contributed by atoms with Gasteiger partial charge >= 0.3 is 0 Å². The van der Waals surface area contributed by atoms with E-state index >= 15 is 0 Å². The molecule has 2 heterocycles. The van der Waals surface area contributed by atoms with Gasteiger partial charge in [0, 0.05) is 17.8 Å². The Kier molecular flexibility index (Phi) is 3.33. The lowest BCUT2D eigenvalue weighted by Crippen LogP contribution is -2.03. The third-order valence-corrected chi connectivity index (χ3v) is 3.30. The molecular formula is C14H9ClF3N3. The van der Waals surface area contributed by atoms with Crippen molar-refractivity contribution in [3.8, 4) is 5.69 Å². The van der Waals surface area contributed by atoms with Crippen molar-refractivity contribution in [1.29, 1.82) is 0 Å². The Morgan fingerprint density at radius 2 is 1.76 bits per heavy atom. The third-order valence-electron chi connectivity index (χ3n) is 3.06. The van der Waals surface area contributed by atoms with Gasteiger partial charge in [0.2, 0.25) is 0 Å². The monoisotopic (exact) mass is 311 g/mol. The smallest absolute Gasteiger partial charge is 0.194 e. The standard InChI is InChI=1S/C14H9ClF3N3/c1-7-2-3-11-14(19-7)21(12(6-15)20-11)8-4-9(16)13(18)10(17)5-8/h2-5H,6H2,1H3. The van der Waals surface area contributed by atoms with Gasteiger partial charge in [-0.15, -0.1) is 11.6 Å². The number of pyridine rings is 1. The van der Waals surface area contributed by atoms with Crippen LogP contribution in [0.4, 0.5) is 13.2 Å². The zero-order valence-corrected chi connectivity index (χ0v) is 11.6. The van der Waals surface area contributed by atoms with E-state index in [1.54, 1.807) is 19.1 Å². The number of hydrogen-bond donors (Lipinski definition) is 0. The topological polar surface area (TPSA) is 30.7 Å². The molecule has 3 rings (SSSR count). The molecule has 0 saturated carbocycles. The number of imidazole rings is 1. The van der Waals surface area contributed by atoms with E-state index in [1.807, 2.05) is 0 Å². The molecule has 21 heavy (non-hydrogen) atoms. The molecule has 0 saturated heterocycles. The van der Waals surface area contributed by atoms with Gasteiger partial charge in [0.15, 0.2) is 23.1 Å². The Bertz CT molecular complexity index is 822. The fourth-order valence-electron chi connectivity index (χ4n) is 2.13. The quantitative estimate of drug-likeness (QED) is 0.531. The maximum absolute atomic E-state index is 13.4. The highest BCUT2D eigenvalue weighted by atomic mass is 35.5. The van der Waals surface area contributed by atoms with Crippen LogP contribution < -0.4 is 0 Å². The van der Waals surface area contributed by atoms with Crippen molar-refractivity contribution in [2.75, 3.05) is 0 Å². The summed E-state index contributed by atoms with van der Waals surface area (Å²) in [6.45, 7) is 1.78. The highest BCUT2D eigenvalue weighted by Gasteiger charge is 2.17. The van der Waals surface area contributed by atoms with Crippen molar-refractivity contribution in [2.45, 2.75) is 12.8 Å². The molecule has 0 N–H and O–H groups in total. The largest absolute Gasteiger partial charge is 0.279 e. The molecule has 0 bridgehead atoms. The SMILES string of the molecule is Cc1ccc2nc(CCl)n(-c3cc(F)c(F)c(F)c3)c2n1. The molecule has 7 heteroatoms. The first-order valence-corrected chi connectivity index (χ1v) is 6.60. The lowest BCUT2D eigenvalue weighted by molar-refractivity contribution is 0.446. The molecule has 0 spiro atoms. The van der Waals surface area contributed by atoms with Crippen LogP contribution in [-0.4, -0.2) is 14.5 Å². The van der Waals surface area contributed by atoms with Crippen molar-refractivity contribution in [2.24, 2.45) is 0 Å². The van der Waals surface area contributed by atoms with E-state index in [2.05, 4.69) is 9.97 Å². The van der Waals surface area contributed by atoms with E-state index in [4.69, 9.17) is 11.6 Å². The molecule has 3 nitrogen and oxygen atoms in total.